The molecule has 0 aliphatic rings. The van der Waals surface area contributed by atoms with Gasteiger partial charge in [0.25, 0.3) is 11.6 Å². The van der Waals surface area contributed by atoms with Crippen LogP contribution in [0.15, 0.2) is 64.0 Å². The zero-order chi connectivity index (χ0) is 16.4. The van der Waals surface area contributed by atoms with E-state index >= 15 is 0 Å². The molecule has 0 unspecified atom stereocenters. The lowest BCUT2D eigenvalue weighted by Gasteiger charge is -2.01. The minimum atomic E-state index is -0.667. The molecule has 2 N–H and O–H groups in total. The smallest absolute Gasteiger partial charge is 0.269 e. The van der Waals surface area contributed by atoms with Gasteiger partial charge < -0.3 is 10.2 Å². The summed E-state index contributed by atoms with van der Waals surface area (Å²) >= 11 is 0. The number of hydrogen-bond acceptors (Lipinski definition) is 5. The van der Waals surface area contributed by atoms with E-state index in [-0.39, 0.29) is 16.8 Å². The molecule has 0 atom stereocenters. The average molecular weight is 309 g/mol. The van der Waals surface area contributed by atoms with Crippen LogP contribution in [0.2, 0.25) is 0 Å². The van der Waals surface area contributed by atoms with Gasteiger partial charge in [0, 0.05) is 17.5 Å². The van der Waals surface area contributed by atoms with E-state index in [0.29, 0.717) is 11.3 Å². The van der Waals surface area contributed by atoms with Gasteiger partial charge in [-0.1, -0.05) is 18.2 Å². The Balaban J connectivity index is 2.18. The van der Waals surface area contributed by atoms with Crippen molar-refractivity contribution >= 4 is 28.3 Å². The van der Waals surface area contributed by atoms with Gasteiger partial charge in [-0.2, -0.15) is 0 Å². The lowest BCUT2D eigenvalue weighted by atomic mass is 10.2. The number of rotatable bonds is 3. The number of para-hydroxylation sites is 1. The molecular weight excluding hydrogens is 298 g/mol. The Morgan fingerprint density at radius 3 is 2.48 bits per heavy atom. The number of primary amides is 1. The highest BCUT2D eigenvalue weighted by Crippen LogP contribution is 2.18. The second-order valence-corrected chi connectivity index (χ2v) is 4.75. The zero-order valence-corrected chi connectivity index (χ0v) is 11.8. The van der Waals surface area contributed by atoms with E-state index in [1.165, 1.54) is 24.3 Å². The third kappa shape index (κ3) is 2.93. The highest BCUT2D eigenvalue weighted by Gasteiger charge is 2.09. The highest BCUT2D eigenvalue weighted by atomic mass is 16.6. The molecule has 23 heavy (non-hydrogen) atoms. The van der Waals surface area contributed by atoms with E-state index in [2.05, 4.69) is 4.99 Å². The van der Waals surface area contributed by atoms with Crippen LogP contribution < -0.4 is 11.3 Å². The number of carbonyl (C=O) groups is 1. The summed E-state index contributed by atoms with van der Waals surface area (Å²) < 4.78 is 5.63. The van der Waals surface area contributed by atoms with Gasteiger partial charge in [-0.05, 0) is 24.3 Å². The van der Waals surface area contributed by atoms with Crippen molar-refractivity contribution in [3.8, 4) is 0 Å². The predicted molar refractivity (Wildman–Crippen MR) is 83.1 cm³/mol. The van der Waals surface area contributed by atoms with Crippen molar-refractivity contribution in [1.82, 2.24) is 0 Å². The minimum Gasteiger partial charge on any atom is -0.438 e. The van der Waals surface area contributed by atoms with Gasteiger partial charge in [-0.25, -0.2) is 4.99 Å². The number of non-ortho nitro benzene ring substituents is 1. The van der Waals surface area contributed by atoms with E-state index in [1.807, 2.05) is 6.07 Å². The first kappa shape index (κ1) is 14.5. The Morgan fingerprint density at radius 2 is 1.83 bits per heavy atom. The number of amides is 1. The highest BCUT2D eigenvalue weighted by molar-refractivity contribution is 5.95. The third-order valence-electron chi connectivity index (χ3n) is 3.21. The number of carbonyl (C=O) groups excluding carboxylic acids is 1. The van der Waals surface area contributed by atoms with Crippen LogP contribution in [0.25, 0.3) is 11.0 Å². The first-order chi connectivity index (χ1) is 11.0. The molecule has 7 nitrogen and oxygen atoms in total. The molecule has 1 aromatic heterocycles. The van der Waals surface area contributed by atoms with Gasteiger partial charge in [-0.3, -0.25) is 14.9 Å². The molecule has 0 aliphatic heterocycles. The van der Waals surface area contributed by atoms with Crippen LogP contribution in [-0.4, -0.2) is 10.8 Å². The molecule has 0 fully saturated rings. The molecule has 3 aromatic rings. The molecule has 0 radical (unpaired) electrons. The lowest BCUT2D eigenvalue weighted by Crippen LogP contribution is -2.21. The molecular formula is C16H11N3O4. The molecule has 3 rings (SSSR count). The van der Waals surface area contributed by atoms with Crippen molar-refractivity contribution in [3.05, 3.63) is 75.8 Å². The predicted octanol–water partition coefficient (Wildman–Crippen LogP) is 2.67. The molecule has 2 aromatic carbocycles. The largest absolute Gasteiger partial charge is 0.438 e. The van der Waals surface area contributed by atoms with E-state index in [0.717, 1.165) is 5.39 Å². The maximum Gasteiger partial charge on any atom is 0.269 e. The van der Waals surface area contributed by atoms with Gasteiger partial charge >= 0.3 is 0 Å². The summed E-state index contributed by atoms with van der Waals surface area (Å²) in [6, 6.07) is 14.3. The van der Waals surface area contributed by atoms with E-state index < -0.39 is 10.8 Å². The summed E-state index contributed by atoms with van der Waals surface area (Å²) in [5.41, 5.74) is 6.50. The number of fused-ring (bicyclic) bond motifs is 1. The Labute approximate surface area is 129 Å². The summed E-state index contributed by atoms with van der Waals surface area (Å²) in [5, 5.41) is 11.4. The number of nitro groups is 1. The number of benzene rings is 2. The second kappa shape index (κ2) is 5.72. The van der Waals surface area contributed by atoms with Crippen molar-refractivity contribution in [2.24, 2.45) is 10.7 Å². The quantitative estimate of drug-likeness (QED) is 0.592. The van der Waals surface area contributed by atoms with Crippen molar-refractivity contribution < 1.29 is 14.1 Å². The maximum atomic E-state index is 11.6. The van der Waals surface area contributed by atoms with E-state index in [4.69, 9.17) is 10.2 Å². The molecule has 0 saturated carbocycles. The zero-order valence-electron chi connectivity index (χ0n) is 11.8. The summed E-state index contributed by atoms with van der Waals surface area (Å²) in [6.07, 6.45) is 0. The average Bonchev–Trinajstić information content (AvgIpc) is 2.54. The van der Waals surface area contributed by atoms with Gasteiger partial charge in [0.05, 0.1) is 10.6 Å². The SMILES string of the molecule is NC(=O)c1cc2ccccc2oc1=Nc1ccc([N+](=O)[O-])cc1. The minimum absolute atomic E-state index is 0.0467. The first-order valence-corrected chi connectivity index (χ1v) is 6.66. The number of nitrogens with two attached hydrogens (primary N) is 1. The molecule has 0 spiro atoms. The number of nitro benzene ring substituents is 1. The van der Waals surface area contributed by atoms with Crippen molar-refractivity contribution in [2.45, 2.75) is 0 Å². The number of nitrogens with zero attached hydrogens (tertiary/aromatic N) is 2. The topological polar surface area (TPSA) is 112 Å². The van der Waals surface area contributed by atoms with Crippen LogP contribution >= 0.6 is 0 Å². The summed E-state index contributed by atoms with van der Waals surface area (Å²) in [7, 11) is 0. The third-order valence-corrected chi connectivity index (χ3v) is 3.21. The monoisotopic (exact) mass is 309 g/mol. The second-order valence-electron chi connectivity index (χ2n) is 4.75. The van der Waals surface area contributed by atoms with E-state index in [9.17, 15) is 14.9 Å². The summed E-state index contributed by atoms with van der Waals surface area (Å²) in [6.45, 7) is 0. The van der Waals surface area contributed by atoms with Gasteiger partial charge in [0.2, 0.25) is 5.55 Å². The Bertz CT molecular complexity index is 975. The van der Waals surface area contributed by atoms with Gasteiger partial charge in [0.15, 0.2) is 0 Å². The summed E-state index contributed by atoms with van der Waals surface area (Å²) in [5.74, 6) is -0.667. The van der Waals surface area contributed by atoms with Gasteiger partial charge in [0.1, 0.15) is 11.1 Å². The molecule has 0 aliphatic carbocycles. The fraction of sp³-hybridized carbons (Fsp3) is 0. The van der Waals surface area contributed by atoms with Crippen molar-refractivity contribution in [3.63, 3.8) is 0 Å². The Kier molecular flexibility index (Phi) is 3.60. The summed E-state index contributed by atoms with van der Waals surface area (Å²) in [4.78, 5) is 26.0. The van der Waals surface area contributed by atoms with Gasteiger partial charge in [-0.15, -0.1) is 0 Å². The van der Waals surface area contributed by atoms with Crippen molar-refractivity contribution in [1.29, 1.82) is 0 Å². The van der Waals surface area contributed by atoms with Crippen LogP contribution in [0.4, 0.5) is 11.4 Å². The molecule has 7 heteroatoms. The normalized spacial score (nSPS) is 11.6. The van der Waals surface area contributed by atoms with Crippen LogP contribution in [0.1, 0.15) is 10.4 Å². The molecule has 1 heterocycles. The standard InChI is InChI=1S/C16H11N3O4/c17-15(20)13-9-10-3-1-2-4-14(10)23-16(13)18-11-5-7-12(8-6-11)19(21)22/h1-9H,(H2,17,20). The molecule has 1 amide bonds. The van der Waals surface area contributed by atoms with Crippen LogP contribution in [0.3, 0.4) is 0 Å². The molecule has 0 bridgehead atoms. The van der Waals surface area contributed by atoms with E-state index in [1.54, 1.807) is 24.3 Å². The molecule has 0 saturated heterocycles. The molecule has 114 valence electrons. The Hall–Kier alpha value is -3.48. The lowest BCUT2D eigenvalue weighted by molar-refractivity contribution is -0.384. The van der Waals surface area contributed by atoms with Crippen LogP contribution in [0.5, 0.6) is 0 Å². The van der Waals surface area contributed by atoms with Crippen molar-refractivity contribution in [2.75, 3.05) is 0 Å². The fourth-order valence-electron chi connectivity index (χ4n) is 2.09. The number of hydrogen-bond donors (Lipinski definition) is 1. The first-order valence-electron chi connectivity index (χ1n) is 6.66. The van der Waals surface area contributed by atoms with Crippen LogP contribution in [0, 0.1) is 10.1 Å². The fourth-order valence-corrected chi connectivity index (χ4v) is 2.09. The maximum absolute atomic E-state index is 11.6. The Morgan fingerprint density at radius 1 is 1.13 bits per heavy atom. The van der Waals surface area contributed by atoms with Crippen LogP contribution in [-0.2, 0) is 0 Å².